The lowest BCUT2D eigenvalue weighted by atomic mass is 9.54. The highest BCUT2D eigenvalue weighted by Crippen LogP contribution is 2.50. The van der Waals surface area contributed by atoms with Gasteiger partial charge in [0.25, 0.3) is 5.91 Å². The number of amides is 2. The molecule has 1 aromatic carbocycles. The van der Waals surface area contributed by atoms with Gasteiger partial charge in [0, 0.05) is 50.2 Å². The number of hydrogen-bond donors (Lipinski definition) is 1. The van der Waals surface area contributed by atoms with Gasteiger partial charge in [0.05, 0.1) is 13.2 Å². The Bertz CT molecular complexity index is 743. The molecule has 0 radical (unpaired) electrons. The van der Waals surface area contributed by atoms with Crippen LogP contribution in [0, 0.1) is 5.41 Å². The van der Waals surface area contributed by atoms with Crippen LogP contribution < -0.4 is 10.5 Å². The molecule has 1 aliphatic heterocycles. The molecule has 2 aliphatic rings. The SMILES string of the molecule is CCOC1CC(N)(C(=O)N2CCN(C(=O)c3cccc(OC)c3)CC2)C1(C)C. The molecular formula is C21H31N3O4. The fourth-order valence-corrected chi connectivity index (χ4v) is 4.13. The Morgan fingerprint density at radius 2 is 1.82 bits per heavy atom. The lowest BCUT2D eigenvalue weighted by Gasteiger charge is -2.59. The third kappa shape index (κ3) is 3.37. The van der Waals surface area contributed by atoms with Crippen LogP contribution in [0.3, 0.4) is 0 Å². The number of carbonyl (C=O) groups excluding carboxylic acids is 2. The number of nitrogens with two attached hydrogens (primary N) is 1. The first-order valence-electron chi connectivity index (χ1n) is 9.87. The van der Waals surface area contributed by atoms with E-state index < -0.39 is 11.0 Å². The monoisotopic (exact) mass is 389 g/mol. The van der Waals surface area contributed by atoms with E-state index in [9.17, 15) is 9.59 Å². The van der Waals surface area contributed by atoms with Crippen molar-refractivity contribution in [2.75, 3.05) is 39.9 Å². The molecule has 0 bridgehead atoms. The van der Waals surface area contributed by atoms with Crippen LogP contribution in [0.25, 0.3) is 0 Å². The fraction of sp³-hybridized carbons (Fsp3) is 0.619. The lowest BCUT2D eigenvalue weighted by molar-refractivity contribution is -0.180. The van der Waals surface area contributed by atoms with Gasteiger partial charge >= 0.3 is 0 Å². The minimum absolute atomic E-state index is 0.00220. The summed E-state index contributed by atoms with van der Waals surface area (Å²) in [5.41, 5.74) is 5.80. The molecule has 2 fully saturated rings. The van der Waals surface area contributed by atoms with E-state index in [0.717, 1.165) is 0 Å². The summed E-state index contributed by atoms with van der Waals surface area (Å²) in [5, 5.41) is 0. The summed E-state index contributed by atoms with van der Waals surface area (Å²) in [6.45, 7) is 8.52. The van der Waals surface area contributed by atoms with Gasteiger partial charge in [-0.25, -0.2) is 0 Å². The summed E-state index contributed by atoms with van der Waals surface area (Å²) in [7, 11) is 1.58. The van der Waals surface area contributed by atoms with Crippen molar-refractivity contribution in [2.45, 2.75) is 38.8 Å². The predicted octanol–water partition coefficient (Wildman–Crippen LogP) is 1.51. The third-order valence-electron chi connectivity index (χ3n) is 6.38. The first kappa shape index (κ1) is 20.6. The van der Waals surface area contributed by atoms with Gasteiger partial charge in [0.2, 0.25) is 5.91 Å². The molecule has 1 aromatic rings. The van der Waals surface area contributed by atoms with Crippen LogP contribution in [0.1, 0.15) is 37.6 Å². The molecule has 2 amide bonds. The second-order valence-corrected chi connectivity index (χ2v) is 8.16. The van der Waals surface area contributed by atoms with E-state index in [-0.39, 0.29) is 17.9 Å². The van der Waals surface area contributed by atoms with Crippen LogP contribution in [0.5, 0.6) is 5.75 Å². The van der Waals surface area contributed by atoms with E-state index >= 15 is 0 Å². The zero-order valence-electron chi connectivity index (χ0n) is 17.2. The number of nitrogens with zero attached hydrogens (tertiary/aromatic N) is 2. The molecular weight excluding hydrogens is 358 g/mol. The van der Waals surface area contributed by atoms with E-state index in [0.29, 0.717) is 50.5 Å². The summed E-state index contributed by atoms with van der Waals surface area (Å²) in [4.78, 5) is 29.4. The largest absolute Gasteiger partial charge is 0.497 e. The van der Waals surface area contributed by atoms with E-state index in [1.807, 2.05) is 26.8 Å². The van der Waals surface area contributed by atoms with Crippen molar-refractivity contribution in [1.82, 2.24) is 9.80 Å². The Labute approximate surface area is 166 Å². The van der Waals surface area contributed by atoms with Gasteiger partial charge < -0.3 is 25.0 Å². The van der Waals surface area contributed by atoms with Crippen LogP contribution >= 0.6 is 0 Å². The maximum Gasteiger partial charge on any atom is 0.254 e. The molecule has 1 saturated heterocycles. The van der Waals surface area contributed by atoms with Gasteiger partial charge in [-0.1, -0.05) is 19.9 Å². The topological polar surface area (TPSA) is 85.1 Å². The standard InChI is InChI=1S/C21H31N3O4/c1-5-28-17-14-21(22,20(17,2)3)19(26)24-11-9-23(10-12-24)18(25)15-7-6-8-16(13-15)27-4/h6-8,13,17H,5,9-12,14,22H2,1-4H3. The molecule has 2 unspecified atom stereocenters. The van der Waals surface area contributed by atoms with E-state index in [1.54, 1.807) is 35.1 Å². The first-order valence-corrected chi connectivity index (χ1v) is 9.87. The van der Waals surface area contributed by atoms with Crippen LogP contribution in [0.2, 0.25) is 0 Å². The molecule has 0 aromatic heterocycles. The number of methoxy groups -OCH3 is 1. The van der Waals surface area contributed by atoms with Crippen molar-refractivity contribution in [2.24, 2.45) is 11.1 Å². The highest BCUT2D eigenvalue weighted by Gasteiger charge is 2.63. The number of piperazine rings is 1. The Morgan fingerprint density at radius 3 is 2.39 bits per heavy atom. The molecule has 3 rings (SSSR count). The molecule has 7 heteroatoms. The maximum absolute atomic E-state index is 13.1. The highest BCUT2D eigenvalue weighted by molar-refractivity contribution is 5.95. The molecule has 2 atom stereocenters. The first-order chi connectivity index (χ1) is 13.2. The Hall–Kier alpha value is -2.12. The third-order valence-corrected chi connectivity index (χ3v) is 6.38. The van der Waals surface area contributed by atoms with E-state index in [1.165, 1.54) is 0 Å². The molecule has 2 N–H and O–H groups in total. The number of ether oxygens (including phenoxy) is 2. The maximum atomic E-state index is 13.1. The van der Waals surface area contributed by atoms with Crippen LogP contribution in [-0.4, -0.2) is 73.2 Å². The van der Waals surface area contributed by atoms with Crippen molar-refractivity contribution in [1.29, 1.82) is 0 Å². The summed E-state index contributed by atoms with van der Waals surface area (Å²) in [6.07, 6.45) is 0.540. The van der Waals surface area contributed by atoms with Gasteiger partial charge in [-0.05, 0) is 25.1 Å². The minimum atomic E-state index is -0.911. The van der Waals surface area contributed by atoms with E-state index in [2.05, 4.69) is 0 Å². The quantitative estimate of drug-likeness (QED) is 0.825. The second kappa shape index (κ2) is 7.72. The van der Waals surface area contributed by atoms with Crippen LogP contribution in [0.4, 0.5) is 0 Å². The van der Waals surface area contributed by atoms with E-state index in [4.69, 9.17) is 15.2 Å². The molecule has 28 heavy (non-hydrogen) atoms. The molecule has 0 spiro atoms. The Morgan fingerprint density at radius 1 is 1.18 bits per heavy atom. The lowest BCUT2D eigenvalue weighted by Crippen LogP contribution is -2.76. The Balaban J connectivity index is 1.61. The second-order valence-electron chi connectivity index (χ2n) is 8.16. The van der Waals surface area contributed by atoms with Crippen LogP contribution in [-0.2, 0) is 9.53 Å². The average Bonchev–Trinajstić information content (AvgIpc) is 2.72. The highest BCUT2D eigenvalue weighted by atomic mass is 16.5. The molecule has 154 valence electrons. The summed E-state index contributed by atoms with van der Waals surface area (Å²) >= 11 is 0. The number of benzene rings is 1. The van der Waals surface area contributed by atoms with Crippen molar-refractivity contribution >= 4 is 11.8 Å². The van der Waals surface area contributed by atoms with Crippen LogP contribution in [0.15, 0.2) is 24.3 Å². The smallest absolute Gasteiger partial charge is 0.254 e. The van der Waals surface area contributed by atoms with Crippen molar-refractivity contribution < 1.29 is 19.1 Å². The van der Waals surface area contributed by atoms with Gasteiger partial charge in [0.1, 0.15) is 11.3 Å². The summed E-state index contributed by atoms with van der Waals surface area (Å²) in [5.74, 6) is 0.566. The fourth-order valence-electron chi connectivity index (χ4n) is 4.13. The normalized spacial score (nSPS) is 26.5. The zero-order valence-corrected chi connectivity index (χ0v) is 17.2. The average molecular weight is 389 g/mol. The van der Waals surface area contributed by atoms with Gasteiger partial charge in [-0.2, -0.15) is 0 Å². The van der Waals surface area contributed by atoms with Crippen molar-refractivity contribution in [3.8, 4) is 5.75 Å². The van der Waals surface area contributed by atoms with Crippen molar-refractivity contribution in [3.63, 3.8) is 0 Å². The summed E-state index contributed by atoms with van der Waals surface area (Å²) < 4.78 is 10.9. The van der Waals surface area contributed by atoms with Gasteiger partial charge in [0.15, 0.2) is 0 Å². The minimum Gasteiger partial charge on any atom is -0.497 e. The predicted molar refractivity (Wildman–Crippen MR) is 106 cm³/mol. The van der Waals surface area contributed by atoms with Gasteiger partial charge in [-0.3, -0.25) is 9.59 Å². The molecule has 7 nitrogen and oxygen atoms in total. The molecule has 1 heterocycles. The Kier molecular flexibility index (Phi) is 5.68. The molecule has 1 saturated carbocycles. The number of hydrogen-bond acceptors (Lipinski definition) is 5. The number of rotatable bonds is 5. The van der Waals surface area contributed by atoms with Gasteiger partial charge in [-0.15, -0.1) is 0 Å². The zero-order chi connectivity index (χ0) is 20.5. The summed E-state index contributed by atoms with van der Waals surface area (Å²) in [6, 6.07) is 7.13. The van der Waals surface area contributed by atoms with Crippen molar-refractivity contribution in [3.05, 3.63) is 29.8 Å². The molecule has 1 aliphatic carbocycles. The number of carbonyl (C=O) groups is 2.